The monoisotopic (exact) mass is 233 g/mol. The number of carbonyl (C=O) groups is 1. The van der Waals surface area contributed by atoms with Crippen molar-refractivity contribution in [3.8, 4) is 0 Å². The Balaban J connectivity index is 2.91. The van der Waals surface area contributed by atoms with E-state index in [1.165, 1.54) is 0 Å². The highest BCUT2D eigenvalue weighted by molar-refractivity contribution is 6.03. The van der Waals surface area contributed by atoms with Crippen molar-refractivity contribution in [3.05, 3.63) is 23.3 Å². The van der Waals surface area contributed by atoms with Gasteiger partial charge in [0, 0.05) is 12.2 Å². The lowest BCUT2D eigenvalue weighted by molar-refractivity contribution is 0.0698. The predicted octanol–water partition coefficient (Wildman–Crippen LogP) is 2.33. The molecular weight excluding hydrogens is 218 g/mol. The van der Waals surface area contributed by atoms with Crippen LogP contribution in [0.15, 0.2) is 6.20 Å². The van der Waals surface area contributed by atoms with E-state index in [1.807, 2.05) is 32.3 Å². The number of aryl methyl sites for hydroxylation is 2. The fourth-order valence-electron chi connectivity index (χ4n) is 2.02. The number of hydrogen-bond acceptors (Lipinski definition) is 3. The molecule has 2 aromatic rings. The number of hydrogen-bond donors (Lipinski definition) is 1. The molecule has 0 unspecified atom stereocenters. The van der Waals surface area contributed by atoms with E-state index in [0.29, 0.717) is 22.6 Å². The SMILES string of the molecule is Cc1nc(C)c2c(C(=O)O)cn(C(C)C)c2n1. The molecule has 5 heteroatoms. The lowest BCUT2D eigenvalue weighted by Crippen LogP contribution is -2.01. The summed E-state index contributed by atoms with van der Waals surface area (Å²) in [5.74, 6) is -0.281. The molecule has 0 aliphatic rings. The quantitative estimate of drug-likeness (QED) is 0.864. The maximum absolute atomic E-state index is 11.2. The first kappa shape index (κ1) is 11.6. The Morgan fingerprint density at radius 3 is 2.53 bits per heavy atom. The zero-order chi connectivity index (χ0) is 12.7. The summed E-state index contributed by atoms with van der Waals surface area (Å²) < 4.78 is 1.88. The Morgan fingerprint density at radius 2 is 2.00 bits per heavy atom. The number of fused-ring (bicyclic) bond motifs is 1. The van der Waals surface area contributed by atoms with Crippen LogP contribution >= 0.6 is 0 Å². The van der Waals surface area contributed by atoms with Crippen molar-refractivity contribution in [1.29, 1.82) is 0 Å². The largest absolute Gasteiger partial charge is 0.478 e. The van der Waals surface area contributed by atoms with Gasteiger partial charge in [0.05, 0.1) is 16.6 Å². The number of aromatic carboxylic acids is 1. The molecule has 0 bridgehead atoms. The number of rotatable bonds is 2. The van der Waals surface area contributed by atoms with Crippen molar-refractivity contribution >= 4 is 17.0 Å². The normalized spacial score (nSPS) is 11.4. The van der Waals surface area contributed by atoms with Gasteiger partial charge in [0.15, 0.2) is 0 Å². The number of aromatic nitrogens is 3. The summed E-state index contributed by atoms with van der Waals surface area (Å²) in [6.07, 6.45) is 1.64. The van der Waals surface area contributed by atoms with E-state index in [-0.39, 0.29) is 11.6 Å². The van der Waals surface area contributed by atoms with E-state index in [9.17, 15) is 9.90 Å². The van der Waals surface area contributed by atoms with E-state index in [1.54, 1.807) is 6.20 Å². The molecule has 0 fully saturated rings. The van der Waals surface area contributed by atoms with Crippen LogP contribution in [0.1, 0.15) is 41.8 Å². The molecule has 2 rings (SSSR count). The van der Waals surface area contributed by atoms with Crippen LogP contribution < -0.4 is 0 Å². The Morgan fingerprint density at radius 1 is 1.35 bits per heavy atom. The summed E-state index contributed by atoms with van der Waals surface area (Å²) in [4.78, 5) is 19.8. The molecule has 5 nitrogen and oxygen atoms in total. The maximum atomic E-state index is 11.2. The fourth-order valence-corrected chi connectivity index (χ4v) is 2.02. The van der Waals surface area contributed by atoms with Gasteiger partial charge in [-0.15, -0.1) is 0 Å². The van der Waals surface area contributed by atoms with Crippen LogP contribution in [0.2, 0.25) is 0 Å². The summed E-state index contributed by atoms with van der Waals surface area (Å²) in [5, 5.41) is 9.84. The summed E-state index contributed by atoms with van der Waals surface area (Å²) in [5.41, 5.74) is 1.68. The van der Waals surface area contributed by atoms with Crippen LogP contribution in [0.3, 0.4) is 0 Å². The minimum absolute atomic E-state index is 0.166. The lowest BCUT2D eigenvalue weighted by Gasteiger charge is -2.08. The van der Waals surface area contributed by atoms with Crippen molar-refractivity contribution in [2.24, 2.45) is 0 Å². The van der Waals surface area contributed by atoms with Gasteiger partial charge in [0.25, 0.3) is 0 Å². The number of carboxylic acid groups (broad SMARTS) is 1. The molecule has 0 aromatic carbocycles. The first-order valence-corrected chi connectivity index (χ1v) is 5.51. The highest BCUT2D eigenvalue weighted by Gasteiger charge is 2.19. The zero-order valence-corrected chi connectivity index (χ0v) is 10.4. The van der Waals surface area contributed by atoms with Crippen LogP contribution in [0, 0.1) is 13.8 Å². The third kappa shape index (κ3) is 1.77. The summed E-state index contributed by atoms with van der Waals surface area (Å²) >= 11 is 0. The molecule has 0 atom stereocenters. The second-order valence-electron chi connectivity index (χ2n) is 4.40. The zero-order valence-electron chi connectivity index (χ0n) is 10.4. The molecule has 90 valence electrons. The number of nitrogens with zero attached hydrogens (tertiary/aromatic N) is 3. The Labute approximate surface area is 99.1 Å². The minimum Gasteiger partial charge on any atom is -0.478 e. The summed E-state index contributed by atoms with van der Waals surface area (Å²) in [7, 11) is 0. The van der Waals surface area contributed by atoms with Crippen LogP contribution in [-0.4, -0.2) is 25.6 Å². The summed E-state index contributed by atoms with van der Waals surface area (Å²) in [6, 6.07) is 0.166. The molecule has 0 radical (unpaired) electrons. The third-order valence-corrected chi connectivity index (χ3v) is 2.75. The van der Waals surface area contributed by atoms with Gasteiger partial charge in [-0.05, 0) is 27.7 Å². The van der Waals surface area contributed by atoms with Gasteiger partial charge in [0.1, 0.15) is 11.5 Å². The molecule has 17 heavy (non-hydrogen) atoms. The van der Waals surface area contributed by atoms with Crippen molar-refractivity contribution in [3.63, 3.8) is 0 Å². The molecule has 0 spiro atoms. The van der Waals surface area contributed by atoms with Crippen molar-refractivity contribution in [2.45, 2.75) is 33.7 Å². The standard InChI is InChI=1S/C12H15N3O2/c1-6(2)15-5-9(12(16)17)10-7(3)13-8(4)14-11(10)15/h5-6H,1-4H3,(H,16,17). The predicted molar refractivity (Wildman–Crippen MR) is 64.3 cm³/mol. The van der Waals surface area contributed by atoms with Crippen molar-refractivity contribution < 1.29 is 9.90 Å². The van der Waals surface area contributed by atoms with Crippen molar-refractivity contribution in [1.82, 2.24) is 14.5 Å². The van der Waals surface area contributed by atoms with E-state index >= 15 is 0 Å². The molecule has 1 N–H and O–H groups in total. The molecule has 2 heterocycles. The average Bonchev–Trinajstić information content (AvgIpc) is 2.56. The van der Waals surface area contributed by atoms with Crippen LogP contribution in [0.5, 0.6) is 0 Å². The second kappa shape index (κ2) is 3.84. The summed E-state index contributed by atoms with van der Waals surface area (Å²) in [6.45, 7) is 7.62. The Bertz CT molecular complexity index is 599. The minimum atomic E-state index is -0.940. The molecule has 0 saturated carbocycles. The van der Waals surface area contributed by atoms with Gasteiger partial charge in [-0.25, -0.2) is 14.8 Å². The molecule has 2 aromatic heterocycles. The highest BCUT2D eigenvalue weighted by atomic mass is 16.4. The molecular formula is C12H15N3O2. The van der Waals surface area contributed by atoms with Crippen LogP contribution in [0.25, 0.3) is 11.0 Å². The Kier molecular flexibility index (Phi) is 2.61. The topological polar surface area (TPSA) is 68.0 Å². The molecule has 0 aliphatic heterocycles. The second-order valence-corrected chi connectivity index (χ2v) is 4.40. The van der Waals surface area contributed by atoms with E-state index in [2.05, 4.69) is 9.97 Å². The van der Waals surface area contributed by atoms with Crippen LogP contribution in [0.4, 0.5) is 0 Å². The van der Waals surface area contributed by atoms with E-state index in [4.69, 9.17) is 0 Å². The van der Waals surface area contributed by atoms with Gasteiger partial charge in [-0.2, -0.15) is 0 Å². The van der Waals surface area contributed by atoms with E-state index < -0.39 is 5.97 Å². The van der Waals surface area contributed by atoms with Gasteiger partial charge < -0.3 is 9.67 Å². The van der Waals surface area contributed by atoms with Gasteiger partial charge in [-0.3, -0.25) is 0 Å². The Hall–Kier alpha value is -1.91. The maximum Gasteiger partial charge on any atom is 0.338 e. The van der Waals surface area contributed by atoms with Gasteiger partial charge >= 0.3 is 5.97 Å². The molecule has 0 aliphatic carbocycles. The van der Waals surface area contributed by atoms with E-state index in [0.717, 1.165) is 0 Å². The molecule has 0 amide bonds. The first-order valence-electron chi connectivity index (χ1n) is 5.51. The third-order valence-electron chi connectivity index (χ3n) is 2.75. The first-order chi connectivity index (χ1) is 7.91. The average molecular weight is 233 g/mol. The number of carboxylic acids is 1. The lowest BCUT2D eigenvalue weighted by atomic mass is 10.2. The van der Waals surface area contributed by atoms with Crippen LogP contribution in [-0.2, 0) is 0 Å². The smallest absolute Gasteiger partial charge is 0.338 e. The van der Waals surface area contributed by atoms with Gasteiger partial charge in [-0.1, -0.05) is 0 Å². The molecule has 0 saturated heterocycles. The highest BCUT2D eigenvalue weighted by Crippen LogP contribution is 2.25. The fraction of sp³-hybridized carbons (Fsp3) is 0.417. The van der Waals surface area contributed by atoms with Gasteiger partial charge in [0.2, 0.25) is 0 Å². The van der Waals surface area contributed by atoms with Crippen molar-refractivity contribution in [2.75, 3.05) is 0 Å².